The van der Waals surface area contributed by atoms with Crippen LogP contribution in [0, 0.1) is 39.5 Å². The van der Waals surface area contributed by atoms with E-state index in [1.807, 2.05) is 64.1 Å². The third-order valence-electron chi connectivity index (χ3n) is 6.07. The standard InChI is InChI=1S/C25H26O4/c1-14-5-7-16(3)20(11-14)28-24(26)22-18-9-10-19(13-18)23(22)25(27)29-21-12-15(2)6-8-17(21)4/h5-8,11-12,18-19H,9-10,13H2,1-4H3. The van der Waals surface area contributed by atoms with Crippen LogP contribution in [-0.4, -0.2) is 11.9 Å². The lowest BCUT2D eigenvalue weighted by Gasteiger charge is -2.19. The second kappa shape index (κ2) is 7.51. The van der Waals surface area contributed by atoms with E-state index in [1.54, 1.807) is 0 Å². The van der Waals surface area contributed by atoms with Gasteiger partial charge in [0.1, 0.15) is 11.5 Å². The third kappa shape index (κ3) is 3.71. The first kappa shape index (κ1) is 19.4. The first-order chi connectivity index (χ1) is 13.8. The Hall–Kier alpha value is -2.88. The van der Waals surface area contributed by atoms with Crippen molar-refractivity contribution in [1.29, 1.82) is 0 Å². The Kier molecular flexibility index (Phi) is 5.03. The maximum Gasteiger partial charge on any atom is 0.340 e. The molecular weight excluding hydrogens is 364 g/mol. The van der Waals surface area contributed by atoms with Gasteiger partial charge in [-0.3, -0.25) is 0 Å². The second-order valence-corrected chi connectivity index (χ2v) is 8.35. The summed E-state index contributed by atoms with van der Waals surface area (Å²) < 4.78 is 11.5. The van der Waals surface area contributed by atoms with Crippen molar-refractivity contribution in [1.82, 2.24) is 0 Å². The van der Waals surface area contributed by atoms with E-state index in [0.717, 1.165) is 41.5 Å². The number of hydrogen-bond donors (Lipinski definition) is 0. The fourth-order valence-corrected chi connectivity index (χ4v) is 4.44. The van der Waals surface area contributed by atoms with Gasteiger partial charge in [-0.2, -0.15) is 0 Å². The van der Waals surface area contributed by atoms with Crippen LogP contribution >= 0.6 is 0 Å². The van der Waals surface area contributed by atoms with E-state index >= 15 is 0 Å². The molecule has 2 bridgehead atoms. The molecule has 0 radical (unpaired) electrons. The van der Waals surface area contributed by atoms with Crippen LogP contribution in [0.15, 0.2) is 47.5 Å². The SMILES string of the molecule is Cc1ccc(C)c(OC(=O)C2=C(C(=O)Oc3cc(C)ccc3C)C3CCC2C3)c1. The van der Waals surface area contributed by atoms with Crippen LogP contribution in [0.4, 0.5) is 0 Å². The van der Waals surface area contributed by atoms with Gasteiger partial charge in [0.05, 0.1) is 11.1 Å². The van der Waals surface area contributed by atoms with Crippen LogP contribution in [-0.2, 0) is 9.59 Å². The minimum atomic E-state index is -0.418. The second-order valence-electron chi connectivity index (χ2n) is 8.35. The molecule has 4 rings (SSSR count). The van der Waals surface area contributed by atoms with Gasteiger partial charge in [0.15, 0.2) is 0 Å². The maximum atomic E-state index is 13.1. The molecule has 0 N–H and O–H groups in total. The topological polar surface area (TPSA) is 52.6 Å². The van der Waals surface area contributed by atoms with Crippen LogP contribution in [0.25, 0.3) is 0 Å². The summed E-state index contributed by atoms with van der Waals surface area (Å²) in [5.41, 5.74) is 4.86. The molecule has 0 aliphatic heterocycles. The molecular formula is C25H26O4. The van der Waals surface area contributed by atoms with Gasteiger partial charge in [-0.1, -0.05) is 24.3 Å². The summed E-state index contributed by atoms with van der Waals surface area (Å²) >= 11 is 0. The summed E-state index contributed by atoms with van der Waals surface area (Å²) in [4.78, 5) is 26.1. The Labute approximate surface area is 171 Å². The minimum absolute atomic E-state index is 0.0822. The molecule has 4 heteroatoms. The van der Waals surface area contributed by atoms with Crippen LogP contribution in [0.3, 0.4) is 0 Å². The summed E-state index contributed by atoms with van der Waals surface area (Å²) in [6.07, 6.45) is 2.67. The predicted molar refractivity (Wildman–Crippen MR) is 111 cm³/mol. The van der Waals surface area contributed by atoms with Crippen LogP contribution in [0.1, 0.15) is 41.5 Å². The number of fused-ring (bicyclic) bond motifs is 2. The van der Waals surface area contributed by atoms with Gasteiger partial charge >= 0.3 is 11.9 Å². The van der Waals surface area contributed by atoms with Crippen molar-refractivity contribution in [3.05, 3.63) is 69.8 Å². The zero-order valence-electron chi connectivity index (χ0n) is 17.4. The average Bonchev–Trinajstić information content (AvgIpc) is 3.29. The summed E-state index contributed by atoms with van der Waals surface area (Å²) in [6.45, 7) is 7.74. The summed E-state index contributed by atoms with van der Waals surface area (Å²) in [6, 6.07) is 11.5. The third-order valence-corrected chi connectivity index (χ3v) is 6.07. The van der Waals surface area contributed by atoms with Crippen molar-refractivity contribution >= 4 is 11.9 Å². The normalized spacial score (nSPS) is 20.1. The zero-order chi connectivity index (χ0) is 20.7. The molecule has 2 aliphatic carbocycles. The van der Waals surface area contributed by atoms with Gasteiger partial charge in [-0.15, -0.1) is 0 Å². The van der Waals surface area contributed by atoms with Crippen LogP contribution < -0.4 is 9.47 Å². The van der Waals surface area contributed by atoms with E-state index in [4.69, 9.17) is 9.47 Å². The Balaban J connectivity index is 1.64. The van der Waals surface area contributed by atoms with E-state index in [1.165, 1.54) is 0 Å². The van der Waals surface area contributed by atoms with E-state index < -0.39 is 11.9 Å². The molecule has 29 heavy (non-hydrogen) atoms. The number of benzene rings is 2. The van der Waals surface area contributed by atoms with Gasteiger partial charge in [-0.05, 0) is 93.2 Å². The van der Waals surface area contributed by atoms with Crippen molar-refractivity contribution in [2.24, 2.45) is 11.8 Å². The van der Waals surface area contributed by atoms with Gasteiger partial charge in [0, 0.05) is 0 Å². The van der Waals surface area contributed by atoms with Crippen molar-refractivity contribution in [2.45, 2.75) is 47.0 Å². The first-order valence-electron chi connectivity index (χ1n) is 10.2. The summed E-state index contributed by atoms with van der Waals surface area (Å²) in [5.74, 6) is 0.426. The van der Waals surface area contributed by atoms with E-state index in [2.05, 4.69) is 0 Å². The molecule has 1 saturated carbocycles. The van der Waals surface area contributed by atoms with E-state index in [-0.39, 0.29) is 11.8 Å². The van der Waals surface area contributed by atoms with Crippen molar-refractivity contribution in [3.8, 4) is 11.5 Å². The number of ether oxygens (including phenoxy) is 2. The molecule has 0 spiro atoms. The molecule has 2 aliphatic rings. The van der Waals surface area contributed by atoms with Gasteiger partial charge in [0.2, 0.25) is 0 Å². The highest BCUT2D eigenvalue weighted by molar-refractivity contribution is 6.04. The highest BCUT2D eigenvalue weighted by atomic mass is 16.5. The number of carbonyl (C=O) groups is 2. The lowest BCUT2D eigenvalue weighted by atomic mass is 9.91. The largest absolute Gasteiger partial charge is 0.423 e. The highest BCUT2D eigenvalue weighted by Crippen LogP contribution is 2.49. The van der Waals surface area contributed by atoms with Gasteiger partial charge < -0.3 is 9.47 Å². The Morgan fingerprint density at radius 3 is 1.55 bits per heavy atom. The summed E-state index contributed by atoms with van der Waals surface area (Å²) in [7, 11) is 0. The van der Waals surface area contributed by atoms with Gasteiger partial charge in [-0.25, -0.2) is 9.59 Å². The summed E-state index contributed by atoms with van der Waals surface area (Å²) in [5, 5.41) is 0. The van der Waals surface area contributed by atoms with Crippen molar-refractivity contribution in [3.63, 3.8) is 0 Å². The van der Waals surface area contributed by atoms with Gasteiger partial charge in [0.25, 0.3) is 0 Å². The number of aryl methyl sites for hydroxylation is 4. The molecule has 2 aromatic rings. The average molecular weight is 390 g/mol. The highest BCUT2D eigenvalue weighted by Gasteiger charge is 2.46. The lowest BCUT2D eigenvalue weighted by Crippen LogP contribution is -2.24. The first-order valence-corrected chi connectivity index (χ1v) is 10.2. The van der Waals surface area contributed by atoms with Crippen molar-refractivity contribution < 1.29 is 19.1 Å². The molecule has 2 atom stereocenters. The van der Waals surface area contributed by atoms with Crippen molar-refractivity contribution in [2.75, 3.05) is 0 Å². The number of esters is 2. The number of hydrogen-bond acceptors (Lipinski definition) is 4. The molecule has 2 unspecified atom stereocenters. The van der Waals surface area contributed by atoms with E-state index in [0.29, 0.717) is 22.6 Å². The molecule has 2 aromatic carbocycles. The Morgan fingerprint density at radius 2 is 1.14 bits per heavy atom. The monoisotopic (exact) mass is 390 g/mol. The fourth-order valence-electron chi connectivity index (χ4n) is 4.44. The predicted octanol–water partition coefficient (Wildman–Crippen LogP) is 5.16. The smallest absolute Gasteiger partial charge is 0.340 e. The van der Waals surface area contributed by atoms with Crippen LogP contribution in [0.5, 0.6) is 11.5 Å². The molecule has 1 fully saturated rings. The molecule has 4 nitrogen and oxygen atoms in total. The molecule has 0 amide bonds. The number of carbonyl (C=O) groups excluding carboxylic acids is 2. The van der Waals surface area contributed by atoms with Crippen LogP contribution in [0.2, 0.25) is 0 Å². The Morgan fingerprint density at radius 1 is 0.724 bits per heavy atom. The fraction of sp³-hybridized carbons (Fsp3) is 0.360. The van der Waals surface area contributed by atoms with E-state index in [9.17, 15) is 9.59 Å². The quantitative estimate of drug-likeness (QED) is 0.535. The molecule has 0 saturated heterocycles. The molecule has 150 valence electrons. The molecule has 0 aromatic heterocycles. The number of rotatable bonds is 4. The Bertz CT molecular complexity index is 950. The lowest BCUT2D eigenvalue weighted by molar-refractivity contribution is -0.133. The minimum Gasteiger partial charge on any atom is -0.423 e. The maximum absolute atomic E-state index is 13.1. The molecule has 0 heterocycles. The zero-order valence-corrected chi connectivity index (χ0v) is 17.4.